The summed E-state index contributed by atoms with van der Waals surface area (Å²) in [6.45, 7) is 0. The molecule has 0 atom stereocenters. The van der Waals surface area contributed by atoms with Crippen molar-refractivity contribution in [1.82, 2.24) is 14.8 Å². The SMILES string of the molecule is COc1cncc(-c2cc(N)n(C)n2)c1. The number of aromatic nitrogens is 3. The Hall–Kier alpha value is -2.04. The van der Waals surface area contributed by atoms with Crippen LogP contribution >= 0.6 is 0 Å². The first-order valence-corrected chi connectivity index (χ1v) is 4.49. The first-order valence-electron chi connectivity index (χ1n) is 4.49. The number of hydrogen-bond donors (Lipinski definition) is 1. The Morgan fingerprint density at radius 1 is 1.33 bits per heavy atom. The molecule has 0 aromatic carbocycles. The van der Waals surface area contributed by atoms with Gasteiger partial charge in [-0.3, -0.25) is 9.67 Å². The number of nitrogens with two attached hydrogens (primary N) is 1. The summed E-state index contributed by atoms with van der Waals surface area (Å²) >= 11 is 0. The molecule has 0 saturated heterocycles. The number of methoxy groups -OCH3 is 1. The molecule has 2 N–H and O–H groups in total. The zero-order chi connectivity index (χ0) is 10.8. The van der Waals surface area contributed by atoms with Crippen molar-refractivity contribution >= 4 is 5.82 Å². The highest BCUT2D eigenvalue weighted by molar-refractivity contribution is 5.62. The predicted molar refractivity (Wildman–Crippen MR) is 57.4 cm³/mol. The van der Waals surface area contributed by atoms with Crippen LogP contribution in [-0.4, -0.2) is 21.9 Å². The van der Waals surface area contributed by atoms with Crippen LogP contribution in [-0.2, 0) is 7.05 Å². The lowest BCUT2D eigenvalue weighted by atomic mass is 10.2. The molecule has 2 heterocycles. The van der Waals surface area contributed by atoms with Gasteiger partial charge in [-0.25, -0.2) is 0 Å². The minimum Gasteiger partial charge on any atom is -0.495 e. The lowest BCUT2D eigenvalue weighted by molar-refractivity contribution is 0.413. The van der Waals surface area contributed by atoms with Crippen LogP contribution in [0.4, 0.5) is 5.82 Å². The van der Waals surface area contributed by atoms with E-state index in [0.29, 0.717) is 11.6 Å². The fourth-order valence-corrected chi connectivity index (χ4v) is 1.29. The molecule has 15 heavy (non-hydrogen) atoms. The molecule has 0 bridgehead atoms. The van der Waals surface area contributed by atoms with E-state index in [-0.39, 0.29) is 0 Å². The summed E-state index contributed by atoms with van der Waals surface area (Å²) in [6, 6.07) is 3.67. The summed E-state index contributed by atoms with van der Waals surface area (Å²) in [4.78, 5) is 4.06. The fourth-order valence-electron chi connectivity index (χ4n) is 1.29. The minimum atomic E-state index is 0.618. The maximum Gasteiger partial charge on any atom is 0.137 e. The summed E-state index contributed by atoms with van der Waals surface area (Å²) in [5.41, 5.74) is 7.38. The number of aryl methyl sites for hydroxylation is 1. The molecular formula is C10H12N4O. The molecular weight excluding hydrogens is 192 g/mol. The van der Waals surface area contributed by atoms with Gasteiger partial charge in [0.15, 0.2) is 0 Å². The molecule has 5 nitrogen and oxygen atoms in total. The Labute approximate surface area is 87.5 Å². The van der Waals surface area contributed by atoms with Crippen LogP contribution in [0, 0.1) is 0 Å². The van der Waals surface area contributed by atoms with Crippen molar-refractivity contribution in [2.45, 2.75) is 0 Å². The largest absolute Gasteiger partial charge is 0.495 e. The number of nitrogen functional groups attached to an aromatic ring is 1. The third-order valence-corrected chi connectivity index (χ3v) is 2.16. The number of rotatable bonds is 2. The Balaban J connectivity index is 2.44. The van der Waals surface area contributed by atoms with Crippen molar-refractivity contribution in [3.05, 3.63) is 24.5 Å². The fraction of sp³-hybridized carbons (Fsp3) is 0.200. The van der Waals surface area contributed by atoms with Crippen molar-refractivity contribution < 1.29 is 4.74 Å². The second kappa shape index (κ2) is 3.61. The lowest BCUT2D eigenvalue weighted by Crippen LogP contribution is -1.96. The van der Waals surface area contributed by atoms with E-state index in [1.54, 1.807) is 37.3 Å². The molecule has 0 spiro atoms. The lowest BCUT2D eigenvalue weighted by Gasteiger charge is -2.00. The highest BCUT2D eigenvalue weighted by Crippen LogP contribution is 2.22. The normalized spacial score (nSPS) is 10.3. The predicted octanol–water partition coefficient (Wildman–Crippen LogP) is 1.07. The average Bonchev–Trinajstić information content (AvgIpc) is 2.59. The maximum atomic E-state index is 5.70. The standard InChI is InChI=1S/C10H12N4O/c1-14-10(11)4-9(13-14)7-3-8(15-2)6-12-5-7/h3-6H,11H2,1-2H3. The van der Waals surface area contributed by atoms with E-state index in [0.717, 1.165) is 11.3 Å². The van der Waals surface area contributed by atoms with E-state index >= 15 is 0 Å². The topological polar surface area (TPSA) is 66.0 Å². The molecule has 2 rings (SSSR count). The van der Waals surface area contributed by atoms with E-state index in [1.165, 1.54) is 0 Å². The second-order valence-electron chi connectivity index (χ2n) is 3.19. The third-order valence-electron chi connectivity index (χ3n) is 2.16. The van der Waals surface area contributed by atoms with Crippen LogP contribution in [0.15, 0.2) is 24.5 Å². The van der Waals surface area contributed by atoms with E-state index < -0.39 is 0 Å². The van der Waals surface area contributed by atoms with Gasteiger partial charge in [0.25, 0.3) is 0 Å². The van der Waals surface area contributed by atoms with Crippen molar-refractivity contribution in [1.29, 1.82) is 0 Å². The summed E-state index contributed by atoms with van der Waals surface area (Å²) in [7, 11) is 3.40. The maximum absolute atomic E-state index is 5.70. The quantitative estimate of drug-likeness (QED) is 0.794. The molecule has 5 heteroatoms. The smallest absolute Gasteiger partial charge is 0.137 e. The molecule has 0 aliphatic carbocycles. The number of pyridine rings is 1. The van der Waals surface area contributed by atoms with E-state index in [4.69, 9.17) is 10.5 Å². The van der Waals surface area contributed by atoms with Gasteiger partial charge in [0.1, 0.15) is 11.6 Å². The number of ether oxygens (including phenoxy) is 1. The zero-order valence-electron chi connectivity index (χ0n) is 8.64. The Kier molecular flexibility index (Phi) is 2.29. The first kappa shape index (κ1) is 9.51. The van der Waals surface area contributed by atoms with Gasteiger partial charge in [-0.2, -0.15) is 5.10 Å². The second-order valence-corrected chi connectivity index (χ2v) is 3.19. The van der Waals surface area contributed by atoms with Crippen LogP contribution in [0.3, 0.4) is 0 Å². The van der Waals surface area contributed by atoms with Crippen molar-refractivity contribution in [3.8, 4) is 17.0 Å². The van der Waals surface area contributed by atoms with Crippen LogP contribution in [0.2, 0.25) is 0 Å². The van der Waals surface area contributed by atoms with Crippen molar-refractivity contribution in [3.63, 3.8) is 0 Å². The molecule has 0 fully saturated rings. The summed E-state index contributed by atoms with van der Waals surface area (Å²) in [5, 5.41) is 4.25. The van der Waals surface area contributed by atoms with Crippen LogP contribution in [0.5, 0.6) is 5.75 Å². The van der Waals surface area contributed by atoms with E-state index in [9.17, 15) is 0 Å². The van der Waals surface area contributed by atoms with Gasteiger partial charge in [0, 0.05) is 24.9 Å². The minimum absolute atomic E-state index is 0.618. The average molecular weight is 204 g/mol. The number of anilines is 1. The van der Waals surface area contributed by atoms with E-state index in [1.807, 2.05) is 6.07 Å². The van der Waals surface area contributed by atoms with Crippen molar-refractivity contribution in [2.24, 2.45) is 7.05 Å². The molecule has 78 valence electrons. The van der Waals surface area contributed by atoms with Crippen LogP contribution in [0.25, 0.3) is 11.3 Å². The molecule has 0 saturated carbocycles. The van der Waals surface area contributed by atoms with E-state index in [2.05, 4.69) is 10.1 Å². The van der Waals surface area contributed by atoms with Gasteiger partial charge < -0.3 is 10.5 Å². The zero-order valence-corrected chi connectivity index (χ0v) is 8.64. The molecule has 0 radical (unpaired) electrons. The van der Waals surface area contributed by atoms with Gasteiger partial charge in [-0.15, -0.1) is 0 Å². The molecule has 0 amide bonds. The Morgan fingerprint density at radius 2 is 2.13 bits per heavy atom. The summed E-state index contributed by atoms with van der Waals surface area (Å²) in [6.07, 6.45) is 3.38. The Bertz CT molecular complexity index is 459. The van der Waals surface area contributed by atoms with Crippen LogP contribution in [0.1, 0.15) is 0 Å². The third kappa shape index (κ3) is 1.76. The van der Waals surface area contributed by atoms with Gasteiger partial charge >= 0.3 is 0 Å². The summed E-state index contributed by atoms with van der Waals surface area (Å²) < 4.78 is 6.70. The summed E-state index contributed by atoms with van der Waals surface area (Å²) in [5.74, 6) is 1.32. The van der Waals surface area contributed by atoms with Crippen molar-refractivity contribution in [2.75, 3.05) is 12.8 Å². The Morgan fingerprint density at radius 3 is 2.73 bits per heavy atom. The van der Waals surface area contributed by atoms with Crippen LogP contribution < -0.4 is 10.5 Å². The van der Waals surface area contributed by atoms with Gasteiger partial charge in [-0.05, 0) is 6.07 Å². The number of nitrogens with zero attached hydrogens (tertiary/aromatic N) is 3. The van der Waals surface area contributed by atoms with Gasteiger partial charge in [-0.1, -0.05) is 0 Å². The highest BCUT2D eigenvalue weighted by atomic mass is 16.5. The van der Waals surface area contributed by atoms with Gasteiger partial charge in [0.2, 0.25) is 0 Å². The molecule has 0 aliphatic heterocycles. The molecule has 0 aliphatic rings. The monoisotopic (exact) mass is 204 g/mol. The molecule has 2 aromatic heterocycles. The molecule has 0 unspecified atom stereocenters. The highest BCUT2D eigenvalue weighted by Gasteiger charge is 2.05. The van der Waals surface area contributed by atoms with Gasteiger partial charge in [0.05, 0.1) is 19.0 Å². The first-order chi connectivity index (χ1) is 7.20. The number of hydrogen-bond acceptors (Lipinski definition) is 4. The molecule has 2 aromatic rings.